The molecule has 0 spiro atoms. The summed E-state index contributed by atoms with van der Waals surface area (Å²) < 4.78 is 5.38. The van der Waals surface area contributed by atoms with Crippen LogP contribution in [0.1, 0.15) is 24.0 Å². The lowest BCUT2D eigenvalue weighted by atomic mass is 10.1. The van der Waals surface area contributed by atoms with Gasteiger partial charge in [-0.25, -0.2) is 0 Å². The molecule has 0 bridgehead atoms. The second-order valence-corrected chi connectivity index (χ2v) is 4.87. The molecule has 0 aromatic heterocycles. The van der Waals surface area contributed by atoms with Crippen molar-refractivity contribution in [2.45, 2.75) is 25.4 Å². The highest BCUT2D eigenvalue weighted by Crippen LogP contribution is 2.16. The van der Waals surface area contributed by atoms with Crippen molar-refractivity contribution in [2.75, 3.05) is 20.3 Å². The Morgan fingerprint density at radius 1 is 1.44 bits per heavy atom. The largest absolute Gasteiger partial charge is 0.384 e. The first-order chi connectivity index (χ1) is 8.66. The molecule has 4 heteroatoms. The average Bonchev–Trinajstić information content (AvgIpc) is 2.40. The first kappa shape index (κ1) is 13.1. The summed E-state index contributed by atoms with van der Waals surface area (Å²) in [4.78, 5) is 2.36. The molecule has 98 valence electrons. The number of nitrogens with two attached hydrogens (primary N) is 1. The molecule has 0 saturated carbocycles. The van der Waals surface area contributed by atoms with Gasteiger partial charge in [-0.1, -0.05) is 18.2 Å². The van der Waals surface area contributed by atoms with Crippen molar-refractivity contribution < 1.29 is 4.74 Å². The van der Waals surface area contributed by atoms with Crippen LogP contribution in [0, 0.1) is 5.41 Å². The van der Waals surface area contributed by atoms with E-state index in [0.717, 1.165) is 38.2 Å². The Hall–Kier alpha value is -1.39. The zero-order chi connectivity index (χ0) is 13.0. The first-order valence-corrected chi connectivity index (χ1v) is 6.38. The van der Waals surface area contributed by atoms with E-state index in [1.807, 2.05) is 18.2 Å². The number of nitrogens with one attached hydrogen (secondary N) is 1. The van der Waals surface area contributed by atoms with Crippen molar-refractivity contribution in [3.05, 3.63) is 35.4 Å². The van der Waals surface area contributed by atoms with Crippen molar-refractivity contribution >= 4 is 5.84 Å². The van der Waals surface area contributed by atoms with Gasteiger partial charge in [0.25, 0.3) is 0 Å². The van der Waals surface area contributed by atoms with E-state index in [0.29, 0.717) is 6.04 Å². The van der Waals surface area contributed by atoms with Crippen LogP contribution in [0.3, 0.4) is 0 Å². The summed E-state index contributed by atoms with van der Waals surface area (Å²) in [5.41, 5.74) is 7.51. The van der Waals surface area contributed by atoms with Crippen LogP contribution in [0.2, 0.25) is 0 Å². The summed E-state index contributed by atoms with van der Waals surface area (Å²) in [5.74, 6) is 0.130. The molecule has 1 aliphatic rings. The normalized spacial score (nSPS) is 17.0. The minimum absolute atomic E-state index is 0.130. The molecule has 1 aliphatic heterocycles. The predicted octanol–water partition coefficient (Wildman–Crippen LogP) is 1.58. The molecule has 1 aromatic carbocycles. The van der Waals surface area contributed by atoms with E-state index in [9.17, 15) is 0 Å². The first-order valence-electron chi connectivity index (χ1n) is 6.38. The number of benzene rings is 1. The summed E-state index contributed by atoms with van der Waals surface area (Å²) >= 11 is 0. The number of hydrogen-bond acceptors (Lipinski definition) is 3. The lowest BCUT2D eigenvalue weighted by Crippen LogP contribution is -2.36. The van der Waals surface area contributed by atoms with Crippen LogP contribution >= 0.6 is 0 Å². The minimum Gasteiger partial charge on any atom is -0.384 e. The van der Waals surface area contributed by atoms with Crippen LogP contribution in [0.15, 0.2) is 24.3 Å². The number of hydrogen-bond donors (Lipinski definition) is 2. The topological polar surface area (TPSA) is 62.3 Å². The highest BCUT2D eigenvalue weighted by atomic mass is 16.5. The van der Waals surface area contributed by atoms with Crippen LogP contribution in [-0.2, 0) is 11.3 Å². The molecule has 1 aromatic rings. The van der Waals surface area contributed by atoms with Gasteiger partial charge in [0.2, 0.25) is 0 Å². The zero-order valence-corrected chi connectivity index (χ0v) is 10.9. The molecule has 0 atom stereocenters. The summed E-state index contributed by atoms with van der Waals surface area (Å²) in [5, 5.41) is 7.46. The van der Waals surface area contributed by atoms with Crippen molar-refractivity contribution in [2.24, 2.45) is 5.73 Å². The smallest absolute Gasteiger partial charge is 0.122 e. The highest BCUT2D eigenvalue weighted by Gasteiger charge is 2.18. The van der Waals surface area contributed by atoms with Gasteiger partial charge < -0.3 is 10.5 Å². The quantitative estimate of drug-likeness (QED) is 0.627. The maximum atomic E-state index is 7.46. The Morgan fingerprint density at radius 3 is 2.83 bits per heavy atom. The molecule has 3 N–H and O–H groups in total. The number of ether oxygens (including phenoxy) is 1. The second kappa shape index (κ2) is 5.98. The molecule has 18 heavy (non-hydrogen) atoms. The van der Waals surface area contributed by atoms with Gasteiger partial charge >= 0.3 is 0 Å². The minimum atomic E-state index is 0.130. The molecule has 0 aliphatic carbocycles. The van der Waals surface area contributed by atoms with Crippen molar-refractivity contribution in [1.29, 1.82) is 5.41 Å². The van der Waals surface area contributed by atoms with E-state index in [4.69, 9.17) is 15.9 Å². The van der Waals surface area contributed by atoms with Crippen LogP contribution in [0.25, 0.3) is 0 Å². The lowest BCUT2D eigenvalue weighted by molar-refractivity contribution is 0.0407. The maximum Gasteiger partial charge on any atom is 0.122 e. The van der Waals surface area contributed by atoms with E-state index in [-0.39, 0.29) is 5.84 Å². The van der Waals surface area contributed by atoms with E-state index < -0.39 is 0 Å². The number of nitrogen functional groups attached to an aromatic ring is 1. The third kappa shape index (κ3) is 3.31. The number of nitrogens with zero attached hydrogens (tertiary/aromatic N) is 1. The van der Waals surface area contributed by atoms with Crippen LogP contribution < -0.4 is 5.73 Å². The summed E-state index contributed by atoms with van der Waals surface area (Å²) in [7, 11) is 2.15. The van der Waals surface area contributed by atoms with Gasteiger partial charge in [0.1, 0.15) is 5.84 Å². The fourth-order valence-corrected chi connectivity index (χ4v) is 2.38. The molecular weight excluding hydrogens is 226 g/mol. The third-order valence-electron chi connectivity index (χ3n) is 3.48. The Balaban J connectivity index is 1.99. The fraction of sp³-hybridized carbons (Fsp3) is 0.500. The number of rotatable bonds is 4. The second-order valence-electron chi connectivity index (χ2n) is 4.87. The average molecular weight is 247 g/mol. The van der Waals surface area contributed by atoms with Gasteiger partial charge in [0.15, 0.2) is 0 Å². The molecule has 0 radical (unpaired) electrons. The van der Waals surface area contributed by atoms with Gasteiger partial charge in [-0.05, 0) is 31.5 Å². The molecule has 2 rings (SSSR count). The van der Waals surface area contributed by atoms with Gasteiger partial charge in [-0.3, -0.25) is 10.3 Å². The van der Waals surface area contributed by atoms with E-state index in [1.165, 1.54) is 5.56 Å². The Bertz CT molecular complexity index is 413. The molecule has 0 amide bonds. The standard InChI is InChI=1S/C14H21N3O/c1-17(13-5-7-18-8-6-13)10-11-3-2-4-12(9-11)14(15)16/h2-4,9,13H,5-8,10H2,1H3,(H3,15,16). The maximum absolute atomic E-state index is 7.46. The number of amidine groups is 1. The van der Waals surface area contributed by atoms with Crippen molar-refractivity contribution in [1.82, 2.24) is 4.90 Å². The molecule has 1 saturated heterocycles. The third-order valence-corrected chi connectivity index (χ3v) is 3.48. The van der Waals surface area contributed by atoms with E-state index in [2.05, 4.69) is 18.0 Å². The molecule has 0 unspecified atom stereocenters. The van der Waals surface area contributed by atoms with E-state index in [1.54, 1.807) is 0 Å². The van der Waals surface area contributed by atoms with Crippen LogP contribution in [0.5, 0.6) is 0 Å². The Labute approximate surface area is 108 Å². The van der Waals surface area contributed by atoms with Crippen LogP contribution in [-0.4, -0.2) is 37.0 Å². The molecule has 1 heterocycles. The highest BCUT2D eigenvalue weighted by molar-refractivity contribution is 5.95. The van der Waals surface area contributed by atoms with E-state index >= 15 is 0 Å². The Morgan fingerprint density at radius 2 is 2.17 bits per heavy atom. The predicted molar refractivity (Wildman–Crippen MR) is 72.8 cm³/mol. The van der Waals surface area contributed by atoms with Gasteiger partial charge in [-0.15, -0.1) is 0 Å². The summed E-state index contributed by atoms with van der Waals surface area (Å²) in [6, 6.07) is 8.52. The fourth-order valence-electron chi connectivity index (χ4n) is 2.38. The molecule has 4 nitrogen and oxygen atoms in total. The van der Waals surface area contributed by atoms with Crippen molar-refractivity contribution in [3.63, 3.8) is 0 Å². The van der Waals surface area contributed by atoms with Gasteiger partial charge in [0.05, 0.1) is 0 Å². The lowest BCUT2D eigenvalue weighted by Gasteiger charge is -2.31. The van der Waals surface area contributed by atoms with Crippen molar-refractivity contribution in [3.8, 4) is 0 Å². The van der Waals surface area contributed by atoms with Gasteiger partial charge in [0, 0.05) is 31.4 Å². The Kier molecular flexibility index (Phi) is 4.33. The molecular formula is C14H21N3O. The van der Waals surface area contributed by atoms with Crippen LogP contribution in [0.4, 0.5) is 0 Å². The zero-order valence-electron chi connectivity index (χ0n) is 10.9. The monoisotopic (exact) mass is 247 g/mol. The summed E-state index contributed by atoms with van der Waals surface area (Å²) in [6.07, 6.45) is 2.20. The van der Waals surface area contributed by atoms with Gasteiger partial charge in [-0.2, -0.15) is 0 Å². The molecule has 1 fully saturated rings. The SMILES string of the molecule is CN(Cc1cccc(C(=N)N)c1)C1CCOCC1. The summed E-state index contributed by atoms with van der Waals surface area (Å²) in [6.45, 7) is 2.62.